The van der Waals surface area contributed by atoms with Crippen LogP contribution >= 0.6 is 23.5 Å². The Morgan fingerprint density at radius 3 is 2.24 bits per heavy atom. The first-order valence-electron chi connectivity index (χ1n) is 9.01. The normalized spacial score (nSPS) is 21.6. The highest BCUT2D eigenvalue weighted by atomic mass is 32.2. The van der Waals surface area contributed by atoms with Crippen molar-refractivity contribution in [2.45, 2.75) is 40.1 Å². The molecule has 1 saturated heterocycles. The van der Waals surface area contributed by atoms with Crippen LogP contribution in [0.3, 0.4) is 0 Å². The van der Waals surface area contributed by atoms with Crippen molar-refractivity contribution in [1.29, 1.82) is 0 Å². The maximum absolute atomic E-state index is 5.53. The van der Waals surface area contributed by atoms with Crippen LogP contribution in [-0.4, -0.2) is 55.1 Å². The maximum Gasteiger partial charge on any atom is 0.191 e. The smallest absolute Gasteiger partial charge is 0.191 e. The molecule has 4 nitrogen and oxygen atoms in total. The van der Waals surface area contributed by atoms with Crippen molar-refractivity contribution in [3.05, 3.63) is 30.3 Å². The van der Waals surface area contributed by atoms with E-state index >= 15 is 0 Å². The van der Waals surface area contributed by atoms with Crippen molar-refractivity contribution in [3.63, 3.8) is 0 Å². The lowest BCUT2D eigenvalue weighted by atomic mass is 9.99. The first kappa shape index (κ1) is 18.9. The van der Waals surface area contributed by atoms with Crippen molar-refractivity contribution in [1.82, 2.24) is 10.6 Å². The number of nitrogens with zero attached hydrogens (tertiary/aromatic N) is 1. The van der Waals surface area contributed by atoms with Crippen molar-refractivity contribution in [2.24, 2.45) is 4.99 Å². The lowest BCUT2D eigenvalue weighted by Crippen LogP contribution is -2.49. The Bertz CT molecular complexity index is 569. The van der Waals surface area contributed by atoms with Gasteiger partial charge in [0, 0.05) is 47.7 Å². The van der Waals surface area contributed by atoms with E-state index in [1.165, 1.54) is 17.7 Å². The lowest BCUT2D eigenvalue weighted by molar-refractivity contribution is 0.0783. The van der Waals surface area contributed by atoms with Crippen LogP contribution in [0.2, 0.25) is 0 Å². The minimum absolute atomic E-state index is 0.270. The fourth-order valence-electron chi connectivity index (χ4n) is 3.10. The first-order valence-corrected chi connectivity index (χ1v) is 11.0. The molecule has 0 atom stereocenters. The quantitative estimate of drug-likeness (QED) is 0.562. The number of benzene rings is 1. The van der Waals surface area contributed by atoms with Crippen LogP contribution in [0.1, 0.15) is 25.7 Å². The van der Waals surface area contributed by atoms with Gasteiger partial charge in [-0.15, -0.1) is 11.8 Å². The molecule has 2 N–H and O–H groups in total. The number of hydrogen-bond donors (Lipinski definition) is 2. The summed E-state index contributed by atoms with van der Waals surface area (Å²) in [5.74, 6) is 0.917. The zero-order valence-electron chi connectivity index (χ0n) is 15.2. The molecule has 1 aromatic carbocycles. The zero-order chi connectivity index (χ0) is 17.6. The molecule has 1 saturated carbocycles. The van der Waals surface area contributed by atoms with E-state index < -0.39 is 0 Å². The standard InChI is InChI=1S/C19H29N3OS2/c1-20-17(21-14-18(24-2)10-12-23-13-11-18)22-15-19(8-9-19)25-16-6-4-3-5-7-16/h3-7H,8-15H2,1-2H3,(H2,20,21,22). The van der Waals surface area contributed by atoms with Crippen LogP contribution < -0.4 is 10.6 Å². The minimum Gasteiger partial charge on any atom is -0.381 e. The molecule has 1 heterocycles. The van der Waals surface area contributed by atoms with Crippen LogP contribution in [0.5, 0.6) is 0 Å². The average molecular weight is 380 g/mol. The van der Waals surface area contributed by atoms with Crippen molar-refractivity contribution < 1.29 is 4.74 Å². The number of nitrogens with one attached hydrogen (secondary N) is 2. The van der Waals surface area contributed by atoms with Gasteiger partial charge in [0.25, 0.3) is 0 Å². The predicted molar refractivity (Wildman–Crippen MR) is 110 cm³/mol. The summed E-state index contributed by atoms with van der Waals surface area (Å²) in [4.78, 5) is 5.78. The van der Waals surface area contributed by atoms with Crippen LogP contribution in [0.25, 0.3) is 0 Å². The number of aliphatic imine (C=N–C) groups is 1. The molecular weight excluding hydrogens is 350 g/mol. The van der Waals surface area contributed by atoms with Gasteiger partial charge in [-0.05, 0) is 44.1 Å². The summed E-state index contributed by atoms with van der Waals surface area (Å²) in [6, 6.07) is 10.7. The first-order chi connectivity index (χ1) is 12.2. The summed E-state index contributed by atoms with van der Waals surface area (Å²) < 4.78 is 6.13. The van der Waals surface area contributed by atoms with Crippen molar-refractivity contribution >= 4 is 29.5 Å². The molecule has 0 aromatic heterocycles. The third-order valence-electron chi connectivity index (χ3n) is 5.10. The number of hydrogen-bond acceptors (Lipinski definition) is 4. The van der Waals surface area contributed by atoms with Gasteiger partial charge in [0.1, 0.15) is 0 Å². The van der Waals surface area contributed by atoms with E-state index in [9.17, 15) is 0 Å². The summed E-state index contributed by atoms with van der Waals surface area (Å²) >= 11 is 3.95. The highest BCUT2D eigenvalue weighted by Crippen LogP contribution is 2.51. The molecule has 2 aliphatic rings. The molecule has 25 heavy (non-hydrogen) atoms. The molecule has 6 heteroatoms. The molecule has 0 bridgehead atoms. The molecule has 0 unspecified atom stereocenters. The Balaban J connectivity index is 1.48. The minimum atomic E-state index is 0.270. The summed E-state index contributed by atoms with van der Waals surface area (Å²) in [7, 11) is 1.86. The van der Waals surface area contributed by atoms with E-state index in [1.54, 1.807) is 0 Å². The van der Waals surface area contributed by atoms with Crippen LogP contribution in [0.4, 0.5) is 0 Å². The largest absolute Gasteiger partial charge is 0.381 e. The van der Waals surface area contributed by atoms with Gasteiger partial charge in [0.05, 0.1) is 0 Å². The molecule has 1 aromatic rings. The zero-order valence-corrected chi connectivity index (χ0v) is 16.8. The van der Waals surface area contributed by atoms with Gasteiger partial charge in [0.15, 0.2) is 5.96 Å². The van der Waals surface area contributed by atoms with E-state index in [4.69, 9.17) is 4.74 Å². The maximum atomic E-state index is 5.53. The molecular formula is C19H29N3OS2. The van der Waals surface area contributed by atoms with Crippen LogP contribution in [-0.2, 0) is 4.74 Å². The molecule has 0 amide bonds. The molecule has 1 aliphatic carbocycles. The summed E-state index contributed by atoms with van der Waals surface area (Å²) in [5, 5.41) is 7.10. The van der Waals surface area contributed by atoms with Gasteiger partial charge in [-0.25, -0.2) is 0 Å². The lowest BCUT2D eigenvalue weighted by Gasteiger charge is -2.36. The van der Waals surface area contributed by atoms with E-state index in [-0.39, 0.29) is 4.75 Å². The van der Waals surface area contributed by atoms with Gasteiger partial charge in [-0.2, -0.15) is 11.8 Å². The summed E-state index contributed by atoms with van der Waals surface area (Å²) in [6.07, 6.45) is 6.95. The van der Waals surface area contributed by atoms with E-state index in [0.717, 1.165) is 45.1 Å². The molecule has 2 fully saturated rings. The number of ether oxygens (including phenoxy) is 1. The molecule has 0 spiro atoms. The Morgan fingerprint density at radius 2 is 1.68 bits per heavy atom. The van der Waals surface area contributed by atoms with E-state index in [0.29, 0.717) is 4.75 Å². The second-order valence-corrected chi connectivity index (χ2v) is 9.69. The monoisotopic (exact) mass is 379 g/mol. The topological polar surface area (TPSA) is 45.7 Å². The van der Waals surface area contributed by atoms with Crippen molar-refractivity contribution in [2.75, 3.05) is 39.6 Å². The Kier molecular flexibility index (Phi) is 6.58. The molecule has 0 radical (unpaired) electrons. The van der Waals surface area contributed by atoms with Gasteiger partial charge in [0.2, 0.25) is 0 Å². The number of thioether (sulfide) groups is 2. The Hall–Kier alpha value is -0.850. The van der Waals surface area contributed by atoms with Gasteiger partial charge in [-0.1, -0.05) is 18.2 Å². The number of rotatable bonds is 7. The van der Waals surface area contributed by atoms with Crippen molar-refractivity contribution in [3.8, 4) is 0 Å². The highest BCUT2D eigenvalue weighted by molar-refractivity contribution is 8.01. The third kappa shape index (κ3) is 5.31. The average Bonchev–Trinajstić information content (AvgIpc) is 3.43. The molecule has 3 rings (SSSR count). The molecule has 138 valence electrons. The Labute approximate surface area is 160 Å². The van der Waals surface area contributed by atoms with Gasteiger partial charge < -0.3 is 15.4 Å². The van der Waals surface area contributed by atoms with E-state index in [1.807, 2.05) is 30.6 Å². The predicted octanol–water partition coefficient (Wildman–Crippen LogP) is 3.39. The van der Waals surface area contributed by atoms with Gasteiger partial charge in [-0.3, -0.25) is 4.99 Å². The van der Waals surface area contributed by atoms with Crippen LogP contribution in [0.15, 0.2) is 40.2 Å². The van der Waals surface area contributed by atoms with E-state index in [2.05, 4.69) is 52.2 Å². The second-order valence-electron chi connectivity index (χ2n) is 6.88. The van der Waals surface area contributed by atoms with Crippen LogP contribution in [0, 0.1) is 0 Å². The molecule has 1 aliphatic heterocycles. The summed E-state index contributed by atoms with van der Waals surface area (Å²) in [5.41, 5.74) is 0. The number of guanidine groups is 1. The highest BCUT2D eigenvalue weighted by Gasteiger charge is 2.43. The SMILES string of the molecule is CN=C(NCC1(SC)CCOCC1)NCC1(Sc2ccccc2)CC1. The second kappa shape index (κ2) is 8.69. The fourth-order valence-corrected chi connectivity index (χ4v) is 5.13. The fraction of sp³-hybridized carbons (Fsp3) is 0.632. The third-order valence-corrected chi connectivity index (χ3v) is 8.01. The summed E-state index contributed by atoms with van der Waals surface area (Å²) in [6.45, 7) is 3.63. The Morgan fingerprint density at radius 1 is 1.04 bits per heavy atom. The van der Waals surface area contributed by atoms with Gasteiger partial charge >= 0.3 is 0 Å².